The molecule has 188 valence electrons. The van der Waals surface area contributed by atoms with E-state index in [1.165, 1.54) is 4.90 Å². The summed E-state index contributed by atoms with van der Waals surface area (Å²) in [6, 6.07) is 11.9. The molecule has 3 heterocycles. The quantitative estimate of drug-likeness (QED) is 0.369. The average molecular weight is 489 g/mol. The van der Waals surface area contributed by atoms with Crippen molar-refractivity contribution in [2.45, 2.75) is 31.3 Å². The van der Waals surface area contributed by atoms with E-state index in [-0.39, 0.29) is 17.7 Å². The van der Waals surface area contributed by atoms with Crippen LogP contribution in [0.25, 0.3) is 10.9 Å². The smallest absolute Gasteiger partial charge is 0.328 e. The molecule has 1 saturated heterocycles. The van der Waals surface area contributed by atoms with Crippen LogP contribution in [0.3, 0.4) is 0 Å². The number of ether oxygens (including phenoxy) is 1. The number of hydrogen-bond donors (Lipinski definition) is 2. The van der Waals surface area contributed by atoms with Gasteiger partial charge in [-0.15, -0.1) is 6.58 Å². The van der Waals surface area contributed by atoms with Crippen LogP contribution >= 0.6 is 0 Å². The van der Waals surface area contributed by atoms with Crippen molar-refractivity contribution in [2.75, 3.05) is 33.8 Å². The van der Waals surface area contributed by atoms with Gasteiger partial charge in [0.1, 0.15) is 23.1 Å². The van der Waals surface area contributed by atoms with Crippen LogP contribution in [-0.2, 0) is 11.2 Å². The van der Waals surface area contributed by atoms with Crippen LogP contribution in [0.4, 0.5) is 4.79 Å². The van der Waals surface area contributed by atoms with Crippen molar-refractivity contribution in [2.24, 2.45) is 0 Å². The van der Waals surface area contributed by atoms with Crippen molar-refractivity contribution in [1.29, 1.82) is 0 Å². The van der Waals surface area contributed by atoms with Gasteiger partial charge < -0.3 is 19.7 Å². The Morgan fingerprint density at radius 1 is 1.28 bits per heavy atom. The average Bonchev–Trinajstić information content (AvgIpc) is 3.30. The van der Waals surface area contributed by atoms with Crippen LogP contribution in [0.15, 0.2) is 55.1 Å². The molecule has 2 atom stereocenters. The van der Waals surface area contributed by atoms with E-state index in [2.05, 4.69) is 16.5 Å². The summed E-state index contributed by atoms with van der Waals surface area (Å²) in [5, 5.41) is 11.2. The van der Waals surface area contributed by atoms with Crippen molar-refractivity contribution in [3.05, 3.63) is 71.9 Å². The molecule has 2 aliphatic rings. The maximum atomic E-state index is 13.9. The number of fused-ring (bicyclic) bond motifs is 4. The van der Waals surface area contributed by atoms with Gasteiger partial charge in [0.2, 0.25) is 0 Å². The summed E-state index contributed by atoms with van der Waals surface area (Å²) < 4.78 is 5.46. The lowest BCUT2D eigenvalue weighted by atomic mass is 9.81. The predicted molar refractivity (Wildman–Crippen MR) is 138 cm³/mol. The molecular weight excluding hydrogens is 456 g/mol. The lowest BCUT2D eigenvalue weighted by molar-refractivity contribution is -0.133. The molecule has 0 radical (unpaired) electrons. The minimum atomic E-state index is -1.05. The van der Waals surface area contributed by atoms with Gasteiger partial charge in [0, 0.05) is 36.1 Å². The van der Waals surface area contributed by atoms with Gasteiger partial charge in [0.25, 0.3) is 5.91 Å². The molecule has 3 amide bonds. The molecule has 2 N–H and O–H groups in total. The molecule has 2 aliphatic heterocycles. The molecule has 1 aromatic heterocycles. The number of benzene rings is 2. The van der Waals surface area contributed by atoms with Gasteiger partial charge in [-0.3, -0.25) is 14.6 Å². The number of nitrogens with zero attached hydrogens (tertiary/aromatic N) is 3. The van der Waals surface area contributed by atoms with E-state index in [0.717, 1.165) is 46.6 Å². The number of phenols is 1. The van der Waals surface area contributed by atoms with E-state index in [1.807, 2.05) is 44.3 Å². The minimum absolute atomic E-state index is 0.110. The lowest BCUT2D eigenvalue weighted by Gasteiger charge is -2.42. The maximum absolute atomic E-state index is 13.9. The first-order valence-corrected chi connectivity index (χ1v) is 12.2. The minimum Gasteiger partial charge on any atom is -0.508 e. The van der Waals surface area contributed by atoms with E-state index >= 15 is 0 Å². The highest BCUT2D eigenvalue weighted by Crippen LogP contribution is 2.49. The number of imide groups is 1. The molecule has 0 bridgehead atoms. The molecule has 0 spiro atoms. The second kappa shape index (κ2) is 9.02. The Bertz CT molecular complexity index is 1350. The highest BCUT2D eigenvalue weighted by atomic mass is 16.5. The van der Waals surface area contributed by atoms with Crippen molar-refractivity contribution in [3.8, 4) is 11.5 Å². The van der Waals surface area contributed by atoms with Crippen molar-refractivity contribution >= 4 is 22.8 Å². The second-order valence-corrected chi connectivity index (χ2v) is 9.89. The number of amides is 3. The Morgan fingerprint density at radius 2 is 2.08 bits per heavy atom. The van der Waals surface area contributed by atoms with E-state index < -0.39 is 11.6 Å². The molecular formula is C28H32N4O4. The highest BCUT2D eigenvalue weighted by molar-refractivity contribution is 6.08. The normalized spacial score (nSPS) is 21.3. The zero-order valence-electron chi connectivity index (χ0n) is 21.0. The summed E-state index contributed by atoms with van der Waals surface area (Å²) in [6.45, 7) is 7.46. The number of aromatic amines is 1. The Morgan fingerprint density at radius 3 is 2.81 bits per heavy atom. The number of carbonyl (C=O) groups is 2. The van der Waals surface area contributed by atoms with E-state index in [9.17, 15) is 14.7 Å². The third-order valence-corrected chi connectivity index (χ3v) is 7.42. The number of aromatic hydroxyl groups is 1. The first kappa shape index (κ1) is 23.9. The molecule has 5 rings (SSSR count). The fourth-order valence-corrected chi connectivity index (χ4v) is 5.67. The molecule has 8 nitrogen and oxygen atoms in total. The Kier molecular flexibility index (Phi) is 6.00. The van der Waals surface area contributed by atoms with Crippen LogP contribution in [-0.4, -0.2) is 76.1 Å². The number of phenolic OH excluding ortho intramolecular Hbond substituents is 1. The topological polar surface area (TPSA) is 89.1 Å². The van der Waals surface area contributed by atoms with E-state index in [0.29, 0.717) is 19.4 Å². The third kappa shape index (κ3) is 3.73. The molecule has 1 fully saturated rings. The second-order valence-electron chi connectivity index (χ2n) is 9.89. The van der Waals surface area contributed by atoms with E-state index in [4.69, 9.17) is 4.74 Å². The number of rotatable bonds is 8. The standard InChI is InChI=1S/C28H32N4O4/c1-5-12-30(3)13-7-14-31-26(34)28(2)17-22-21-16-20(36-4)10-11-23(21)29-24(22)25(32(28)27(31)35)18-8-6-9-19(33)15-18/h5-6,8-11,15-16,25,29,33H,1,7,12-14,17H2,2-4H3/t25-,28+/m1/s1. The first-order chi connectivity index (χ1) is 17.3. The number of aromatic nitrogens is 1. The van der Waals surface area contributed by atoms with Crippen LogP contribution < -0.4 is 4.74 Å². The fourth-order valence-electron chi connectivity index (χ4n) is 5.67. The summed E-state index contributed by atoms with van der Waals surface area (Å²) in [4.78, 5) is 36.4. The SMILES string of the molecule is C=CCN(C)CCCN1C(=O)N2[C@H](c3cccc(O)c3)c3[nH]c4ccc(OC)cc4c3C[C@@]2(C)C1=O. The molecule has 3 aromatic rings. The van der Waals surface area contributed by atoms with E-state index in [1.54, 1.807) is 30.2 Å². The largest absolute Gasteiger partial charge is 0.508 e. The zero-order valence-corrected chi connectivity index (χ0v) is 21.0. The van der Waals surface area contributed by atoms with Gasteiger partial charge in [-0.25, -0.2) is 4.79 Å². The van der Waals surface area contributed by atoms with Crippen LogP contribution in [0.2, 0.25) is 0 Å². The van der Waals surface area contributed by atoms with Crippen LogP contribution in [0.5, 0.6) is 11.5 Å². The number of nitrogens with one attached hydrogen (secondary N) is 1. The lowest BCUT2D eigenvalue weighted by Crippen LogP contribution is -2.53. The molecule has 0 saturated carbocycles. The number of hydrogen-bond acceptors (Lipinski definition) is 5. The number of methoxy groups -OCH3 is 1. The van der Waals surface area contributed by atoms with Crippen LogP contribution in [0, 0.1) is 0 Å². The van der Waals surface area contributed by atoms with Gasteiger partial charge in [0.15, 0.2) is 0 Å². The Labute approximate surface area is 210 Å². The number of carbonyl (C=O) groups excluding carboxylic acids is 2. The van der Waals surface area contributed by atoms with Crippen molar-refractivity contribution < 1.29 is 19.4 Å². The number of likely N-dealkylation sites (N-methyl/N-ethyl adjacent to an activating group) is 1. The summed E-state index contributed by atoms with van der Waals surface area (Å²) >= 11 is 0. The first-order valence-electron chi connectivity index (χ1n) is 12.2. The number of urea groups is 1. The maximum Gasteiger partial charge on any atom is 0.328 e. The summed E-state index contributed by atoms with van der Waals surface area (Å²) in [6.07, 6.45) is 2.90. The molecule has 0 aliphatic carbocycles. The van der Waals surface area contributed by atoms with Gasteiger partial charge in [0.05, 0.1) is 7.11 Å². The van der Waals surface area contributed by atoms with Crippen molar-refractivity contribution in [3.63, 3.8) is 0 Å². The zero-order chi connectivity index (χ0) is 25.6. The van der Waals surface area contributed by atoms with Crippen molar-refractivity contribution in [1.82, 2.24) is 19.7 Å². The van der Waals surface area contributed by atoms with Gasteiger partial charge in [-0.05, 0) is 68.4 Å². The molecule has 0 unspecified atom stereocenters. The van der Waals surface area contributed by atoms with Gasteiger partial charge >= 0.3 is 6.03 Å². The molecule has 36 heavy (non-hydrogen) atoms. The van der Waals surface area contributed by atoms with Gasteiger partial charge in [-0.1, -0.05) is 18.2 Å². The summed E-state index contributed by atoms with van der Waals surface area (Å²) in [5.41, 5.74) is 2.46. The third-order valence-electron chi connectivity index (χ3n) is 7.42. The monoisotopic (exact) mass is 488 g/mol. The Hall–Kier alpha value is -3.78. The Balaban J connectivity index is 1.59. The predicted octanol–water partition coefficient (Wildman–Crippen LogP) is 4.06. The molecule has 2 aromatic carbocycles. The van der Waals surface area contributed by atoms with Gasteiger partial charge in [-0.2, -0.15) is 0 Å². The molecule has 8 heteroatoms. The fraction of sp³-hybridized carbons (Fsp3) is 0.357. The summed E-state index contributed by atoms with van der Waals surface area (Å²) in [5.74, 6) is 0.649. The highest BCUT2D eigenvalue weighted by Gasteiger charge is 2.60. The number of H-pyrrole nitrogens is 1. The summed E-state index contributed by atoms with van der Waals surface area (Å²) in [7, 11) is 3.62. The van der Waals surface area contributed by atoms with Crippen LogP contribution in [0.1, 0.15) is 36.2 Å².